The van der Waals surface area contributed by atoms with E-state index in [4.69, 9.17) is 9.47 Å². The summed E-state index contributed by atoms with van der Waals surface area (Å²) in [6.45, 7) is 0. The largest absolute Gasteiger partial charge is 0.491 e. The van der Waals surface area contributed by atoms with Crippen molar-refractivity contribution in [2.24, 2.45) is 0 Å². The van der Waals surface area contributed by atoms with Crippen molar-refractivity contribution >= 4 is 16.3 Å². The van der Waals surface area contributed by atoms with Gasteiger partial charge in [-0.15, -0.1) is 0 Å². The van der Waals surface area contributed by atoms with Gasteiger partial charge in [0.15, 0.2) is 5.75 Å². The summed E-state index contributed by atoms with van der Waals surface area (Å²) in [5, 5.41) is 1.81. The van der Waals surface area contributed by atoms with Crippen molar-refractivity contribution in [3.63, 3.8) is 0 Å². The van der Waals surface area contributed by atoms with Crippen LogP contribution in [0.5, 0.6) is 11.6 Å². The lowest BCUT2D eigenvalue weighted by molar-refractivity contribution is 0.341. The maximum absolute atomic E-state index is 12.0. The van der Waals surface area contributed by atoms with Crippen LogP contribution in [-0.4, -0.2) is 23.6 Å². The molecule has 19 heavy (non-hydrogen) atoms. The monoisotopic (exact) mass is 256 g/mol. The van der Waals surface area contributed by atoms with Crippen LogP contribution in [0.3, 0.4) is 0 Å². The number of methoxy groups -OCH3 is 2. The first-order valence-corrected chi connectivity index (χ1v) is 5.78. The summed E-state index contributed by atoms with van der Waals surface area (Å²) < 4.78 is 12.2. The molecule has 0 spiro atoms. The molecule has 0 unspecified atom stereocenters. The molecule has 1 aromatic carbocycles. The van der Waals surface area contributed by atoms with Crippen molar-refractivity contribution in [2.45, 2.75) is 0 Å². The molecule has 96 valence electrons. The van der Waals surface area contributed by atoms with E-state index in [0.717, 1.165) is 16.3 Å². The average Bonchev–Trinajstić information content (AvgIpc) is 2.46. The molecule has 0 saturated carbocycles. The molecule has 3 rings (SSSR count). The van der Waals surface area contributed by atoms with Crippen molar-refractivity contribution in [1.82, 2.24) is 9.38 Å². The van der Waals surface area contributed by atoms with E-state index in [1.165, 1.54) is 17.7 Å². The standard InChI is InChI=1S/C14H12N2O3/c1-18-12-10-6-4-3-5-9(10)11-7-8-15-14(17)16(11)13(12)19-2/h3-8H,1-2H3. The smallest absolute Gasteiger partial charge is 0.355 e. The molecule has 2 heterocycles. The van der Waals surface area contributed by atoms with E-state index >= 15 is 0 Å². The molecule has 0 saturated heterocycles. The van der Waals surface area contributed by atoms with E-state index in [9.17, 15) is 4.79 Å². The Bertz CT molecular complexity index is 824. The van der Waals surface area contributed by atoms with Gasteiger partial charge in [0.1, 0.15) is 0 Å². The van der Waals surface area contributed by atoms with Gasteiger partial charge in [-0.2, -0.15) is 0 Å². The second-order valence-electron chi connectivity index (χ2n) is 4.04. The van der Waals surface area contributed by atoms with E-state index in [1.807, 2.05) is 24.3 Å². The van der Waals surface area contributed by atoms with Crippen LogP contribution in [-0.2, 0) is 0 Å². The van der Waals surface area contributed by atoms with E-state index in [-0.39, 0.29) is 0 Å². The summed E-state index contributed by atoms with van der Waals surface area (Å²) in [6.07, 6.45) is 1.50. The number of ether oxygens (including phenoxy) is 2. The van der Waals surface area contributed by atoms with Gasteiger partial charge in [0, 0.05) is 17.0 Å². The fourth-order valence-electron chi connectivity index (χ4n) is 2.32. The lowest BCUT2D eigenvalue weighted by Gasteiger charge is -2.14. The SMILES string of the molecule is COc1c(OC)n2c(=O)nccc2c2ccccc12. The normalized spacial score (nSPS) is 10.8. The Morgan fingerprint density at radius 2 is 1.79 bits per heavy atom. The molecule has 0 aliphatic rings. The van der Waals surface area contributed by atoms with Crippen molar-refractivity contribution < 1.29 is 9.47 Å². The van der Waals surface area contributed by atoms with Gasteiger partial charge in [-0.05, 0) is 6.07 Å². The number of nitrogens with zero attached hydrogens (tertiary/aromatic N) is 2. The summed E-state index contributed by atoms with van der Waals surface area (Å²) in [7, 11) is 3.06. The minimum Gasteiger partial charge on any atom is -0.491 e. The molecule has 5 heteroatoms. The van der Waals surface area contributed by atoms with Gasteiger partial charge in [-0.3, -0.25) is 0 Å². The zero-order valence-corrected chi connectivity index (χ0v) is 10.6. The molecule has 0 aliphatic heterocycles. The molecule has 0 bridgehead atoms. The third kappa shape index (κ3) is 1.55. The fraction of sp³-hybridized carbons (Fsp3) is 0.143. The highest BCUT2D eigenvalue weighted by atomic mass is 16.5. The van der Waals surface area contributed by atoms with Crippen LogP contribution in [0.1, 0.15) is 0 Å². The number of rotatable bonds is 2. The second kappa shape index (κ2) is 4.28. The quantitative estimate of drug-likeness (QED) is 0.657. The molecule has 0 N–H and O–H groups in total. The maximum atomic E-state index is 12.0. The highest BCUT2D eigenvalue weighted by molar-refractivity contribution is 6.00. The Kier molecular flexibility index (Phi) is 2.59. The van der Waals surface area contributed by atoms with Crippen LogP contribution >= 0.6 is 0 Å². The van der Waals surface area contributed by atoms with Crippen LogP contribution in [0.2, 0.25) is 0 Å². The van der Waals surface area contributed by atoms with E-state index in [1.54, 1.807) is 13.2 Å². The van der Waals surface area contributed by atoms with Gasteiger partial charge >= 0.3 is 5.69 Å². The molecule has 0 amide bonds. The summed E-state index contributed by atoms with van der Waals surface area (Å²) in [5.41, 5.74) is 0.353. The molecule has 0 fully saturated rings. The lowest BCUT2D eigenvalue weighted by atomic mass is 10.1. The molecular weight excluding hydrogens is 244 g/mol. The van der Waals surface area contributed by atoms with Crippen LogP contribution in [0.15, 0.2) is 41.3 Å². The Hall–Kier alpha value is -2.56. The molecule has 0 atom stereocenters. The molecule has 0 aliphatic carbocycles. The Balaban J connectivity index is 2.69. The summed E-state index contributed by atoms with van der Waals surface area (Å²) in [5.74, 6) is 0.884. The topological polar surface area (TPSA) is 52.8 Å². The first-order chi connectivity index (χ1) is 9.27. The first kappa shape index (κ1) is 11.5. The summed E-state index contributed by atoms with van der Waals surface area (Å²) in [6, 6.07) is 9.48. The number of hydrogen-bond donors (Lipinski definition) is 0. The zero-order valence-electron chi connectivity index (χ0n) is 10.6. The van der Waals surface area contributed by atoms with Gasteiger partial charge in [-0.1, -0.05) is 24.3 Å². The van der Waals surface area contributed by atoms with Gasteiger partial charge in [0.05, 0.1) is 19.7 Å². The average molecular weight is 256 g/mol. The number of pyridine rings is 1. The van der Waals surface area contributed by atoms with Gasteiger partial charge < -0.3 is 9.47 Å². The second-order valence-corrected chi connectivity index (χ2v) is 4.04. The van der Waals surface area contributed by atoms with Crippen LogP contribution < -0.4 is 15.2 Å². The molecule has 0 radical (unpaired) electrons. The molecule has 3 aromatic rings. The summed E-state index contributed by atoms with van der Waals surface area (Å²) >= 11 is 0. The van der Waals surface area contributed by atoms with Crippen molar-refractivity contribution in [3.8, 4) is 11.6 Å². The van der Waals surface area contributed by atoms with Crippen LogP contribution in [0.4, 0.5) is 0 Å². The van der Waals surface area contributed by atoms with Crippen LogP contribution in [0.25, 0.3) is 16.3 Å². The van der Waals surface area contributed by atoms with Crippen molar-refractivity contribution in [1.29, 1.82) is 0 Å². The highest BCUT2D eigenvalue weighted by Gasteiger charge is 2.16. The zero-order chi connectivity index (χ0) is 13.4. The Morgan fingerprint density at radius 1 is 1.05 bits per heavy atom. The first-order valence-electron chi connectivity index (χ1n) is 5.78. The van der Waals surface area contributed by atoms with E-state index in [2.05, 4.69) is 4.98 Å². The third-order valence-electron chi connectivity index (χ3n) is 3.09. The summed E-state index contributed by atoms with van der Waals surface area (Å²) in [4.78, 5) is 15.8. The van der Waals surface area contributed by atoms with E-state index in [0.29, 0.717) is 11.6 Å². The predicted molar refractivity (Wildman–Crippen MR) is 72.1 cm³/mol. The minimum atomic E-state index is -0.390. The highest BCUT2D eigenvalue weighted by Crippen LogP contribution is 2.36. The predicted octanol–water partition coefficient (Wildman–Crippen LogP) is 1.86. The number of fused-ring (bicyclic) bond motifs is 3. The molecular formula is C14H12N2O3. The maximum Gasteiger partial charge on any atom is 0.355 e. The molecule has 5 nitrogen and oxygen atoms in total. The minimum absolute atomic E-state index is 0.356. The van der Waals surface area contributed by atoms with Gasteiger partial charge in [0.25, 0.3) is 0 Å². The number of aromatic nitrogens is 2. The third-order valence-corrected chi connectivity index (χ3v) is 3.09. The lowest BCUT2D eigenvalue weighted by Crippen LogP contribution is -2.18. The number of hydrogen-bond acceptors (Lipinski definition) is 4. The van der Waals surface area contributed by atoms with Crippen molar-refractivity contribution in [3.05, 3.63) is 47.0 Å². The fourth-order valence-corrected chi connectivity index (χ4v) is 2.32. The van der Waals surface area contributed by atoms with Gasteiger partial charge in [-0.25, -0.2) is 14.2 Å². The van der Waals surface area contributed by atoms with Crippen molar-refractivity contribution in [2.75, 3.05) is 14.2 Å². The van der Waals surface area contributed by atoms with E-state index < -0.39 is 5.69 Å². The molecule has 2 aromatic heterocycles. The Labute approximate surface area is 109 Å². The Morgan fingerprint density at radius 3 is 2.47 bits per heavy atom. The number of benzene rings is 1. The van der Waals surface area contributed by atoms with Crippen LogP contribution in [0, 0.1) is 0 Å². The van der Waals surface area contributed by atoms with Gasteiger partial charge in [0.2, 0.25) is 5.88 Å².